The van der Waals surface area contributed by atoms with Crippen LogP contribution in [-0.2, 0) is 4.79 Å². The SMILES string of the molecule is CC(=C(C(=O)O)c1ccco1)c1ccc([N+](=O)[O-])o1. The number of carboxylic acids is 1. The molecule has 0 amide bonds. The summed E-state index contributed by atoms with van der Waals surface area (Å²) in [5.74, 6) is -1.38. The van der Waals surface area contributed by atoms with Crippen LogP contribution in [0.2, 0.25) is 0 Å². The number of carboxylic acid groups (broad SMARTS) is 1. The van der Waals surface area contributed by atoms with Gasteiger partial charge in [0.1, 0.15) is 22.0 Å². The van der Waals surface area contributed by atoms with Crippen LogP contribution >= 0.6 is 0 Å². The second-order valence-electron chi connectivity index (χ2n) is 3.68. The van der Waals surface area contributed by atoms with Gasteiger partial charge in [-0.25, -0.2) is 4.79 Å². The Kier molecular flexibility index (Phi) is 3.19. The normalized spacial score (nSPS) is 12.1. The molecule has 2 rings (SSSR count). The van der Waals surface area contributed by atoms with Crippen LogP contribution in [0.15, 0.2) is 39.4 Å². The number of hydrogen-bond acceptors (Lipinski definition) is 5. The summed E-state index contributed by atoms with van der Waals surface area (Å²) >= 11 is 0. The van der Waals surface area contributed by atoms with Gasteiger partial charge in [0.2, 0.25) is 0 Å². The maximum absolute atomic E-state index is 11.3. The van der Waals surface area contributed by atoms with Crippen molar-refractivity contribution in [3.05, 3.63) is 52.2 Å². The lowest BCUT2D eigenvalue weighted by Gasteiger charge is -2.02. The highest BCUT2D eigenvalue weighted by atomic mass is 16.6. The number of hydrogen-bond donors (Lipinski definition) is 1. The first-order valence-corrected chi connectivity index (χ1v) is 5.23. The Morgan fingerprint density at radius 2 is 2.05 bits per heavy atom. The Morgan fingerprint density at radius 1 is 1.32 bits per heavy atom. The van der Waals surface area contributed by atoms with E-state index in [1.54, 1.807) is 6.07 Å². The zero-order valence-electron chi connectivity index (χ0n) is 9.82. The molecular formula is C12H9NO6. The van der Waals surface area contributed by atoms with Gasteiger partial charge in [-0.15, -0.1) is 0 Å². The van der Waals surface area contributed by atoms with E-state index < -0.39 is 16.8 Å². The summed E-state index contributed by atoms with van der Waals surface area (Å²) in [5.41, 5.74) is 0.143. The molecule has 0 aliphatic carbocycles. The van der Waals surface area contributed by atoms with Gasteiger partial charge in [-0.05, 0) is 25.1 Å². The van der Waals surface area contributed by atoms with Crippen molar-refractivity contribution >= 4 is 23.0 Å². The van der Waals surface area contributed by atoms with Gasteiger partial charge in [0.15, 0.2) is 0 Å². The second-order valence-corrected chi connectivity index (χ2v) is 3.68. The van der Waals surface area contributed by atoms with Gasteiger partial charge in [-0.1, -0.05) is 0 Å². The predicted molar refractivity (Wildman–Crippen MR) is 64.2 cm³/mol. The van der Waals surface area contributed by atoms with E-state index in [-0.39, 0.29) is 22.7 Å². The van der Waals surface area contributed by atoms with Crippen LogP contribution < -0.4 is 0 Å². The summed E-state index contributed by atoms with van der Waals surface area (Å²) in [6, 6.07) is 5.56. The number of nitro groups is 1. The number of rotatable bonds is 4. The van der Waals surface area contributed by atoms with E-state index in [1.165, 1.54) is 31.4 Å². The van der Waals surface area contributed by atoms with E-state index in [2.05, 4.69) is 0 Å². The predicted octanol–water partition coefficient (Wildman–Crippen LogP) is 2.80. The summed E-state index contributed by atoms with van der Waals surface area (Å²) in [6.45, 7) is 1.49. The molecule has 0 saturated heterocycles. The maximum atomic E-state index is 11.3. The number of carbonyl (C=O) groups is 1. The molecule has 2 aromatic heterocycles. The molecule has 0 unspecified atom stereocenters. The van der Waals surface area contributed by atoms with E-state index in [4.69, 9.17) is 8.83 Å². The quantitative estimate of drug-likeness (QED) is 0.516. The van der Waals surface area contributed by atoms with Crippen LogP contribution in [0.1, 0.15) is 18.4 Å². The fourth-order valence-electron chi connectivity index (χ4n) is 1.62. The van der Waals surface area contributed by atoms with Crippen LogP contribution in [0.25, 0.3) is 11.1 Å². The Hall–Kier alpha value is -2.83. The Labute approximate surface area is 106 Å². The summed E-state index contributed by atoms with van der Waals surface area (Å²) in [4.78, 5) is 21.1. The van der Waals surface area contributed by atoms with Crippen molar-refractivity contribution in [2.24, 2.45) is 0 Å². The van der Waals surface area contributed by atoms with Gasteiger partial charge in [-0.3, -0.25) is 10.1 Å². The molecule has 1 N–H and O–H groups in total. The minimum Gasteiger partial charge on any atom is -0.478 e. The third-order valence-electron chi connectivity index (χ3n) is 2.50. The van der Waals surface area contributed by atoms with Crippen LogP contribution in [-0.4, -0.2) is 16.0 Å². The third-order valence-corrected chi connectivity index (χ3v) is 2.50. The fourth-order valence-corrected chi connectivity index (χ4v) is 1.62. The average Bonchev–Trinajstić information content (AvgIpc) is 2.99. The molecule has 98 valence electrons. The molecule has 0 aromatic carbocycles. The standard InChI is InChI=1S/C12H9NO6/c1-7(8-4-5-10(19-8)13(16)17)11(12(14)15)9-3-2-6-18-9/h2-6H,1H3,(H,14,15). The van der Waals surface area contributed by atoms with Crippen molar-refractivity contribution < 1.29 is 23.7 Å². The van der Waals surface area contributed by atoms with Crippen molar-refractivity contribution in [2.75, 3.05) is 0 Å². The Balaban J connectivity index is 2.53. The lowest BCUT2D eigenvalue weighted by atomic mass is 10.1. The maximum Gasteiger partial charge on any atom is 0.433 e. The first-order valence-electron chi connectivity index (χ1n) is 5.23. The summed E-state index contributed by atoms with van der Waals surface area (Å²) in [7, 11) is 0. The first-order chi connectivity index (χ1) is 9.00. The van der Waals surface area contributed by atoms with Crippen LogP contribution in [0.5, 0.6) is 0 Å². The number of aliphatic carboxylic acids is 1. The van der Waals surface area contributed by atoms with E-state index in [0.29, 0.717) is 0 Å². The minimum atomic E-state index is -1.20. The van der Waals surface area contributed by atoms with E-state index >= 15 is 0 Å². The van der Waals surface area contributed by atoms with E-state index in [0.717, 1.165) is 0 Å². The zero-order chi connectivity index (χ0) is 14.0. The molecule has 0 radical (unpaired) electrons. The van der Waals surface area contributed by atoms with Gasteiger partial charge in [-0.2, -0.15) is 0 Å². The largest absolute Gasteiger partial charge is 0.478 e. The highest BCUT2D eigenvalue weighted by Crippen LogP contribution is 2.29. The smallest absolute Gasteiger partial charge is 0.433 e. The number of furan rings is 2. The molecule has 2 heterocycles. The summed E-state index contributed by atoms with van der Waals surface area (Å²) in [6.07, 6.45) is 1.34. The highest BCUT2D eigenvalue weighted by molar-refractivity contribution is 6.22. The lowest BCUT2D eigenvalue weighted by Crippen LogP contribution is -2.01. The Morgan fingerprint density at radius 3 is 2.53 bits per heavy atom. The number of allylic oxidation sites excluding steroid dienone is 1. The fraction of sp³-hybridized carbons (Fsp3) is 0.0833. The van der Waals surface area contributed by atoms with Crippen LogP contribution in [0.3, 0.4) is 0 Å². The summed E-state index contributed by atoms with van der Waals surface area (Å²) < 4.78 is 10.0. The molecule has 19 heavy (non-hydrogen) atoms. The van der Waals surface area contributed by atoms with Crippen LogP contribution in [0, 0.1) is 10.1 Å². The molecular weight excluding hydrogens is 254 g/mol. The number of nitrogens with zero attached hydrogens (tertiary/aromatic N) is 1. The monoisotopic (exact) mass is 263 g/mol. The van der Waals surface area contributed by atoms with Gasteiger partial charge in [0, 0.05) is 5.57 Å². The van der Waals surface area contributed by atoms with Crippen molar-refractivity contribution in [3.8, 4) is 0 Å². The van der Waals surface area contributed by atoms with Crippen molar-refractivity contribution in [1.82, 2.24) is 0 Å². The van der Waals surface area contributed by atoms with Crippen molar-refractivity contribution in [3.63, 3.8) is 0 Å². The molecule has 0 aliphatic rings. The van der Waals surface area contributed by atoms with Crippen molar-refractivity contribution in [1.29, 1.82) is 0 Å². The first kappa shape index (κ1) is 12.6. The van der Waals surface area contributed by atoms with Gasteiger partial charge < -0.3 is 13.9 Å². The minimum absolute atomic E-state index is 0.103. The molecule has 0 aliphatic heterocycles. The summed E-state index contributed by atoms with van der Waals surface area (Å²) in [5, 5.41) is 19.7. The molecule has 0 spiro atoms. The molecule has 0 saturated carbocycles. The zero-order valence-corrected chi connectivity index (χ0v) is 9.82. The van der Waals surface area contributed by atoms with Crippen molar-refractivity contribution in [2.45, 2.75) is 6.92 Å². The molecule has 0 fully saturated rings. The van der Waals surface area contributed by atoms with Crippen LogP contribution in [0.4, 0.5) is 5.88 Å². The Bertz CT molecular complexity index is 650. The van der Waals surface area contributed by atoms with Gasteiger partial charge in [0.05, 0.1) is 12.3 Å². The second kappa shape index (κ2) is 4.81. The molecule has 7 nitrogen and oxygen atoms in total. The van der Waals surface area contributed by atoms with E-state index in [9.17, 15) is 20.0 Å². The highest BCUT2D eigenvalue weighted by Gasteiger charge is 2.21. The van der Waals surface area contributed by atoms with E-state index in [1.807, 2.05) is 0 Å². The topological polar surface area (TPSA) is 107 Å². The van der Waals surface area contributed by atoms with Gasteiger partial charge in [0.25, 0.3) is 0 Å². The lowest BCUT2D eigenvalue weighted by molar-refractivity contribution is -0.402. The molecule has 0 bridgehead atoms. The molecule has 7 heteroatoms. The molecule has 0 atom stereocenters. The third kappa shape index (κ3) is 2.39. The molecule has 2 aromatic rings. The average molecular weight is 263 g/mol. The van der Waals surface area contributed by atoms with Gasteiger partial charge >= 0.3 is 11.9 Å².